The smallest absolute Gasteiger partial charge is 0.456 e. The van der Waals surface area contributed by atoms with Crippen LogP contribution >= 0.6 is 15.9 Å². The van der Waals surface area contributed by atoms with Crippen LogP contribution in [0.15, 0.2) is 147 Å². The SMILES string of the molecule is F.O=[N+]([O-])c1ccccc1-c1ccc2oc3ccccc3c2c1.O=[N+]([O-])c1ccccc1Br.OB(O)c1ccc2oc3ccccc3c2c1. The van der Waals surface area contributed by atoms with E-state index < -0.39 is 12.0 Å². The Balaban J connectivity index is 0.000000153. The lowest BCUT2D eigenvalue weighted by molar-refractivity contribution is -0.385. The van der Waals surface area contributed by atoms with Crippen LogP contribution in [-0.4, -0.2) is 27.0 Å². The molecule has 0 fully saturated rings. The fraction of sp³-hybridized carbons (Fsp3) is 0. The first-order valence-corrected chi connectivity index (χ1v) is 15.3. The number of hydrogen-bond acceptors (Lipinski definition) is 8. The third-order valence-corrected chi connectivity index (χ3v) is 8.21. The molecule has 0 radical (unpaired) electrons. The van der Waals surface area contributed by atoms with Gasteiger partial charge in [0.15, 0.2) is 0 Å². The zero-order valence-electron chi connectivity index (χ0n) is 25.3. The highest BCUT2D eigenvalue weighted by Gasteiger charge is 2.16. The lowest BCUT2D eigenvalue weighted by atomic mass is 9.80. The molecule has 2 aromatic heterocycles. The summed E-state index contributed by atoms with van der Waals surface area (Å²) in [7, 11) is -1.45. The van der Waals surface area contributed by atoms with E-state index in [4.69, 9.17) is 18.9 Å². The van der Waals surface area contributed by atoms with Gasteiger partial charge in [0.1, 0.15) is 22.3 Å². The van der Waals surface area contributed by atoms with Gasteiger partial charge >= 0.3 is 7.12 Å². The summed E-state index contributed by atoms with van der Waals surface area (Å²) in [5.74, 6) is 0. The Morgan fingerprint density at radius 2 is 1.02 bits per heavy atom. The van der Waals surface area contributed by atoms with Crippen molar-refractivity contribution in [2.24, 2.45) is 0 Å². The lowest BCUT2D eigenvalue weighted by Gasteiger charge is -2.03. The molecule has 0 amide bonds. The molecule has 0 bridgehead atoms. The summed E-state index contributed by atoms with van der Waals surface area (Å²) in [4.78, 5) is 20.6. The van der Waals surface area contributed by atoms with Gasteiger partial charge in [-0.05, 0) is 69.4 Å². The number of fused-ring (bicyclic) bond motifs is 6. The van der Waals surface area contributed by atoms with E-state index in [1.54, 1.807) is 54.6 Å². The van der Waals surface area contributed by atoms with Crippen LogP contribution < -0.4 is 5.46 Å². The predicted octanol–water partition coefficient (Wildman–Crippen LogP) is 8.94. The highest BCUT2D eigenvalue weighted by molar-refractivity contribution is 9.10. The maximum Gasteiger partial charge on any atom is 0.488 e. The molecule has 10 nitrogen and oxygen atoms in total. The predicted molar refractivity (Wildman–Crippen MR) is 193 cm³/mol. The Morgan fingerprint density at radius 3 is 1.57 bits per heavy atom. The average molecular weight is 723 g/mol. The molecule has 0 aliphatic carbocycles. The van der Waals surface area contributed by atoms with Gasteiger partial charge in [-0.2, -0.15) is 0 Å². The van der Waals surface area contributed by atoms with Gasteiger partial charge in [-0.3, -0.25) is 24.9 Å². The number of benzene rings is 6. The summed E-state index contributed by atoms with van der Waals surface area (Å²) in [5.41, 5.74) is 5.26. The summed E-state index contributed by atoms with van der Waals surface area (Å²) < 4.78 is 11.9. The van der Waals surface area contributed by atoms with Gasteiger partial charge in [-0.25, -0.2) is 0 Å². The minimum absolute atomic E-state index is 0. The Labute approximate surface area is 285 Å². The van der Waals surface area contributed by atoms with Gasteiger partial charge in [-0.1, -0.05) is 78.9 Å². The van der Waals surface area contributed by atoms with Crippen molar-refractivity contribution < 1.29 is 33.4 Å². The van der Waals surface area contributed by atoms with Crippen molar-refractivity contribution in [2.45, 2.75) is 0 Å². The highest BCUT2D eigenvalue weighted by atomic mass is 79.9. The second kappa shape index (κ2) is 14.9. The van der Waals surface area contributed by atoms with Crippen molar-refractivity contribution in [3.63, 3.8) is 0 Å². The molecule has 0 saturated heterocycles. The standard InChI is InChI=1S/C18H11NO3.C12H9BO3.C6H4BrNO2.FH/c20-19(21)16-7-3-1-5-13(16)12-9-10-18-15(11-12)14-6-2-4-8-17(14)22-18;14-13(15)8-5-6-12-10(7-8)9-3-1-2-4-11(9)16-12;7-5-3-1-2-4-6(5)8(9)10;/h1-11H;1-7,14-15H;1-4H;1H. The van der Waals surface area contributed by atoms with Crippen molar-refractivity contribution in [1.29, 1.82) is 0 Å². The van der Waals surface area contributed by atoms with Crippen molar-refractivity contribution >= 4 is 83.8 Å². The number of nitro benzene ring substituents is 2. The first-order valence-electron chi connectivity index (χ1n) is 14.5. The molecule has 0 unspecified atom stereocenters. The number of nitrogens with zero attached hydrogens (tertiary/aromatic N) is 2. The monoisotopic (exact) mass is 722 g/mol. The molecule has 13 heteroatoms. The maximum atomic E-state index is 11.2. The Bertz CT molecular complexity index is 2450. The number of halogens is 2. The second-order valence-electron chi connectivity index (χ2n) is 10.5. The fourth-order valence-corrected chi connectivity index (χ4v) is 5.70. The van der Waals surface area contributed by atoms with Crippen LogP contribution in [0.2, 0.25) is 0 Å². The van der Waals surface area contributed by atoms with Crippen LogP contribution in [0.5, 0.6) is 0 Å². The molecule has 244 valence electrons. The van der Waals surface area contributed by atoms with Crippen LogP contribution in [0.1, 0.15) is 0 Å². The molecule has 0 spiro atoms. The molecule has 2 N–H and O–H groups in total. The van der Waals surface area contributed by atoms with Gasteiger partial charge in [-0.15, -0.1) is 0 Å². The third-order valence-electron chi connectivity index (χ3n) is 7.54. The van der Waals surface area contributed by atoms with E-state index in [0.29, 0.717) is 15.5 Å². The van der Waals surface area contributed by atoms with Crippen molar-refractivity contribution in [3.05, 3.63) is 158 Å². The number of rotatable bonds is 4. The number of nitro groups is 2. The number of furan rings is 2. The Hall–Kier alpha value is -5.89. The molecule has 0 aliphatic heterocycles. The quantitative estimate of drug-likeness (QED) is 0.104. The zero-order chi connectivity index (χ0) is 33.8. The third kappa shape index (κ3) is 7.34. The summed E-state index contributed by atoms with van der Waals surface area (Å²) in [6.07, 6.45) is 0. The first-order chi connectivity index (χ1) is 23.2. The summed E-state index contributed by atoms with van der Waals surface area (Å²) in [6.45, 7) is 0. The summed E-state index contributed by atoms with van der Waals surface area (Å²) in [6, 6.07) is 39.5. The minimum atomic E-state index is -1.45. The fourth-order valence-electron chi connectivity index (χ4n) is 5.27. The number of hydrogen-bond donors (Lipinski definition) is 2. The molecule has 0 aliphatic rings. The average Bonchev–Trinajstić information content (AvgIpc) is 3.66. The minimum Gasteiger partial charge on any atom is -0.456 e. The van der Waals surface area contributed by atoms with Gasteiger partial charge in [0, 0.05) is 33.7 Å². The van der Waals surface area contributed by atoms with E-state index in [0.717, 1.165) is 49.4 Å². The molecule has 2 heterocycles. The Morgan fingerprint density at radius 1 is 0.551 bits per heavy atom. The second-order valence-corrected chi connectivity index (χ2v) is 11.4. The maximum absolute atomic E-state index is 11.2. The molecule has 8 aromatic rings. The molecular formula is C36H25BBrFN2O8. The van der Waals surface area contributed by atoms with Crippen LogP contribution in [-0.2, 0) is 0 Å². The van der Waals surface area contributed by atoms with Crippen LogP contribution in [0, 0.1) is 20.2 Å². The summed E-state index contributed by atoms with van der Waals surface area (Å²) >= 11 is 3.06. The van der Waals surface area contributed by atoms with E-state index in [1.165, 1.54) is 12.1 Å². The van der Waals surface area contributed by atoms with Gasteiger partial charge in [0.05, 0.1) is 19.9 Å². The Kier molecular flexibility index (Phi) is 10.5. The lowest BCUT2D eigenvalue weighted by Crippen LogP contribution is -2.29. The molecule has 49 heavy (non-hydrogen) atoms. The van der Waals surface area contributed by atoms with E-state index in [2.05, 4.69) is 15.9 Å². The van der Waals surface area contributed by atoms with Crippen LogP contribution in [0.3, 0.4) is 0 Å². The van der Waals surface area contributed by atoms with Gasteiger partial charge in [0.2, 0.25) is 0 Å². The van der Waals surface area contributed by atoms with Gasteiger partial charge in [0.25, 0.3) is 11.4 Å². The molecule has 6 aromatic carbocycles. The number of para-hydroxylation sites is 4. The molecule has 0 saturated carbocycles. The van der Waals surface area contributed by atoms with Gasteiger partial charge < -0.3 is 18.9 Å². The molecule has 0 atom stereocenters. The van der Waals surface area contributed by atoms with E-state index in [9.17, 15) is 20.2 Å². The first kappa shape index (κ1) is 34.4. The van der Waals surface area contributed by atoms with E-state index in [1.807, 2.05) is 66.7 Å². The summed E-state index contributed by atoms with van der Waals surface area (Å²) in [5, 5.41) is 43.5. The van der Waals surface area contributed by atoms with Crippen molar-refractivity contribution in [2.75, 3.05) is 0 Å². The van der Waals surface area contributed by atoms with E-state index in [-0.39, 0.29) is 21.0 Å². The largest absolute Gasteiger partial charge is 0.488 e. The van der Waals surface area contributed by atoms with E-state index >= 15 is 0 Å². The molecule has 8 rings (SSSR count). The van der Waals surface area contributed by atoms with Crippen molar-refractivity contribution in [3.8, 4) is 11.1 Å². The highest BCUT2D eigenvalue weighted by Crippen LogP contribution is 2.35. The topological polar surface area (TPSA) is 153 Å². The zero-order valence-corrected chi connectivity index (χ0v) is 26.9. The van der Waals surface area contributed by atoms with Crippen LogP contribution in [0.25, 0.3) is 55.0 Å². The molecular weight excluding hydrogens is 698 g/mol. The van der Waals surface area contributed by atoms with Crippen molar-refractivity contribution in [1.82, 2.24) is 0 Å². The normalized spacial score (nSPS) is 10.5. The van der Waals surface area contributed by atoms with Crippen LogP contribution in [0.4, 0.5) is 16.1 Å².